The summed E-state index contributed by atoms with van der Waals surface area (Å²) < 4.78 is 232. The summed E-state index contributed by atoms with van der Waals surface area (Å²) in [4.78, 5) is 160. The van der Waals surface area contributed by atoms with Crippen molar-refractivity contribution in [1.29, 1.82) is 0 Å². The van der Waals surface area contributed by atoms with Crippen molar-refractivity contribution in [3.05, 3.63) is 322 Å². The zero-order chi connectivity index (χ0) is 110. The predicted octanol–water partition coefficient (Wildman–Crippen LogP) is 15.6. The summed E-state index contributed by atoms with van der Waals surface area (Å²) >= 11 is 0. The number of nitrogens with zero attached hydrogens (tertiary/aromatic N) is 6. The molecule has 6 fully saturated rings. The van der Waals surface area contributed by atoms with Crippen molar-refractivity contribution in [2.75, 3.05) is 13.1 Å². The lowest BCUT2D eigenvalue weighted by atomic mass is 10.1. The van der Waals surface area contributed by atoms with Gasteiger partial charge in [0.25, 0.3) is 31.4 Å². The standard InChI is InChI=1S/C20H24N2O9P2.C19H21NO9P2.C19H23NO9P2.C16H15NO9P2.C15H15F2NO7P2/c23-19(22-11-2-1-3-12-22)29-17-8-6-16(7-9-17)18-30-32(25,26)20(24,33(27,28)31-18)13-15-5-4-10-21-14-15;1-13(2)10-17(21)27-16-7-5-15(6-8-16)18-28-30(23,24)19(22,31(25,26)29-18)11-14-4-3-9-20-12-14;1-3-5-17(21)27-16-8-7-13(2)10-15(16)18-28-30(23,24)19(22,31(25,26)29-18)11-14-6-4-9-20-12-14;1-10-23-13-5-4-12(7-14(13)24-10)15-25-27(19,20)16(18,28(21,22)26-15)8-11-3-2-6-17-9-11;1-9-5-11(16)13(12(17)6-9)14-24-26(20,21)15(19,27(22,23)25-14)7-10-3-2-4-18-8-10/h4-10,14,18,24H,1-3,11-13H2,(H,25,26)(H,27,28);3-10,12,18,22H,11H2,1-2H3,(H,23,24)(H,25,26);4,6-10,12,18,22H,3,5,11H2,1-2H3,(H,23,24)(H,25,26);2-7,9,15,18H,1,8H2,(H,19,20)(H,21,22);2-6,8,14,19H,7H2,1H3,(H,20,21)(H,22,23). The Morgan fingerprint density at radius 2 is 0.720 bits per heavy atom. The van der Waals surface area contributed by atoms with E-state index in [0.717, 1.165) is 37.0 Å². The van der Waals surface area contributed by atoms with E-state index in [-0.39, 0.29) is 91.0 Å². The van der Waals surface area contributed by atoms with Crippen LogP contribution < -0.4 is 23.7 Å². The van der Waals surface area contributed by atoms with Crippen molar-refractivity contribution < 1.29 is 212 Å². The third-order valence-electron chi connectivity index (χ3n) is 22.7. The highest BCUT2D eigenvalue weighted by Crippen LogP contribution is 2.84. The summed E-state index contributed by atoms with van der Waals surface area (Å²) in [6.45, 7) is 13.1. The molecule has 10 unspecified atom stereocenters. The van der Waals surface area contributed by atoms with E-state index in [1.54, 1.807) is 38.7 Å². The number of carbonyl (C=O) groups is 3. The average molecular weight is 2290 g/mol. The van der Waals surface area contributed by atoms with Crippen LogP contribution >= 0.6 is 76.0 Å². The summed E-state index contributed by atoms with van der Waals surface area (Å²) in [5.41, 5.74) is 2.07. The maximum atomic E-state index is 14.1. The first-order valence-electron chi connectivity index (χ1n) is 44.3. The Bertz CT molecular complexity index is 7050. The van der Waals surface area contributed by atoms with Crippen LogP contribution in [0.15, 0.2) is 244 Å². The molecule has 0 spiro atoms. The molecule has 7 aliphatic heterocycles. The summed E-state index contributed by atoms with van der Waals surface area (Å²) in [5, 5.41) is 37.9. The quantitative estimate of drug-likeness (QED) is 0.0137. The molecular formula is C89H98F2N6O43P10. The second-order valence-corrected chi connectivity index (χ2v) is 56.0. The van der Waals surface area contributed by atoms with Gasteiger partial charge >= 0.3 is 94.0 Å². The van der Waals surface area contributed by atoms with E-state index in [1.807, 2.05) is 0 Å². The molecule has 7 aliphatic rings. The van der Waals surface area contributed by atoms with E-state index in [9.17, 15) is 143 Å². The molecular weight excluding hydrogens is 2190 g/mol. The Morgan fingerprint density at radius 1 is 0.400 bits per heavy atom. The topological polar surface area (TPSA) is 732 Å². The Morgan fingerprint density at radius 3 is 1.05 bits per heavy atom. The van der Waals surface area contributed by atoms with E-state index >= 15 is 0 Å². The third-order valence-corrected chi connectivity index (χ3v) is 45.7. The summed E-state index contributed by atoms with van der Waals surface area (Å²) in [6, 6.07) is 36.1. The van der Waals surface area contributed by atoms with Crippen molar-refractivity contribution in [2.45, 2.75) is 156 Å². The maximum absolute atomic E-state index is 14.1. The van der Waals surface area contributed by atoms with E-state index in [4.69, 9.17) is 68.9 Å². The normalized spacial score (nSPS) is 32.2. The van der Waals surface area contributed by atoms with Crippen molar-refractivity contribution in [3.8, 4) is 28.7 Å². The molecule has 150 heavy (non-hydrogen) atoms. The van der Waals surface area contributed by atoms with Gasteiger partial charge in [-0.2, -0.15) is 0 Å². The van der Waals surface area contributed by atoms with Crippen molar-refractivity contribution in [3.63, 3.8) is 0 Å². The maximum Gasteiger partial charge on any atom is 0.415 e. The molecule has 12 heterocycles. The number of amides is 1. The number of aryl methyl sites for hydroxylation is 2. The number of ether oxygens (including phenoxy) is 5. The first-order valence-corrected chi connectivity index (χ1v) is 60.1. The van der Waals surface area contributed by atoms with Crippen LogP contribution in [0.5, 0.6) is 28.7 Å². The van der Waals surface area contributed by atoms with Gasteiger partial charge in [0.05, 0.1) is 11.1 Å². The number of rotatable bonds is 21. The third kappa shape index (κ3) is 26.1. The number of aromatic nitrogens is 5. The minimum atomic E-state index is -5.31. The van der Waals surface area contributed by atoms with Crippen LogP contribution in [0.1, 0.15) is 151 Å². The number of hydrogen-bond acceptors (Lipinski definition) is 38. The minimum Gasteiger partial charge on any atom is -0.426 e. The van der Waals surface area contributed by atoms with Crippen molar-refractivity contribution >= 4 is 94.0 Å². The minimum absolute atomic E-state index is 0.0311. The number of esters is 2. The van der Waals surface area contributed by atoms with Gasteiger partial charge in [-0.05, 0) is 190 Å². The number of benzene rings is 5. The SMILES string of the molecule is C=C1Oc2ccc(C3OP(=O)(O)C(O)(Cc4cccnc4)P(=O)(O)O3)cc2O1.CC(C)=CC(=O)Oc1ccc(C2OP(=O)(O)C(O)(Cc3cccnc3)P(=O)(O)O2)cc1.CCCC(=O)Oc1ccc(C)cc1C1OP(=O)(O)C(O)(Cc2cccnc2)P(=O)(O)O1.Cc1cc(F)c(C2OP(=O)(O)C(O)(Cc3cccnc3)P(=O)(O)O2)c(F)c1.O=C(Oc1ccc(C2OP(=O)(O)C(O)(Cc3cccnc3)P(=O)(O)O2)cc1)N1CCCCC1. The number of pyridine rings is 5. The smallest absolute Gasteiger partial charge is 0.415 e. The highest BCUT2D eigenvalue weighted by Gasteiger charge is 2.72. The van der Waals surface area contributed by atoms with E-state index in [0.29, 0.717) is 30.8 Å². The Balaban J connectivity index is 0.000000156. The van der Waals surface area contributed by atoms with Crippen LogP contribution in [-0.4, -0.2) is 161 Å². The van der Waals surface area contributed by atoms with Crippen LogP contribution in [-0.2, 0) is 133 Å². The number of carbonyl (C=O) groups excluding carboxylic acids is 3. The fraction of sp³-hybridized carbons (Fsp3) is 0.303. The van der Waals surface area contributed by atoms with Gasteiger partial charge in [-0.15, -0.1) is 0 Å². The van der Waals surface area contributed by atoms with E-state index in [1.165, 1.54) is 214 Å². The number of hydrogen-bond donors (Lipinski definition) is 15. The lowest BCUT2D eigenvalue weighted by Gasteiger charge is -2.41. The first-order chi connectivity index (χ1) is 70.1. The molecule has 0 aliphatic carbocycles. The molecule has 17 rings (SSSR count). The molecule has 806 valence electrons. The lowest BCUT2D eigenvalue weighted by molar-refractivity contribution is -0.134. The number of allylic oxidation sites excluding steroid dienone is 1. The van der Waals surface area contributed by atoms with Gasteiger partial charge < -0.3 is 103 Å². The summed E-state index contributed by atoms with van der Waals surface area (Å²) in [6.07, 6.45) is 5.09. The zero-order valence-electron chi connectivity index (χ0n) is 79.0. The predicted molar refractivity (Wildman–Crippen MR) is 516 cm³/mol. The van der Waals surface area contributed by atoms with Crippen LogP contribution in [0.25, 0.3) is 0 Å². The van der Waals surface area contributed by atoms with Gasteiger partial charge in [-0.1, -0.05) is 78.7 Å². The molecule has 5 aromatic heterocycles. The average Bonchev–Trinajstić information content (AvgIpc) is 0.878. The molecule has 6 saturated heterocycles. The summed E-state index contributed by atoms with van der Waals surface area (Å²) in [7, 11) is -51.3. The van der Waals surface area contributed by atoms with Gasteiger partial charge in [0, 0.05) is 136 Å². The molecule has 61 heteroatoms. The van der Waals surface area contributed by atoms with Crippen molar-refractivity contribution in [2.24, 2.45) is 0 Å². The van der Waals surface area contributed by atoms with Gasteiger partial charge in [0.15, 0.2) is 11.5 Å². The molecule has 0 bridgehead atoms. The van der Waals surface area contributed by atoms with Gasteiger partial charge in [0.2, 0.25) is 31.5 Å². The first kappa shape index (κ1) is 117. The van der Waals surface area contributed by atoms with Crippen LogP contribution in [0.4, 0.5) is 13.6 Å². The number of likely N-dealkylation sites (tertiary alicyclic amines) is 1. The fourth-order valence-corrected chi connectivity index (χ4v) is 32.7. The molecule has 10 atom stereocenters. The second-order valence-electron chi connectivity index (χ2n) is 34.4. The van der Waals surface area contributed by atoms with Gasteiger partial charge in [0.1, 0.15) is 28.9 Å². The highest BCUT2D eigenvalue weighted by molar-refractivity contribution is 7.75. The number of halogens is 2. The van der Waals surface area contributed by atoms with Gasteiger partial charge in [-0.3, -0.25) is 121 Å². The number of piperidine rings is 1. The number of aliphatic hydroxyl groups is 5. The lowest BCUT2D eigenvalue weighted by Crippen LogP contribution is -2.38. The van der Waals surface area contributed by atoms with Crippen LogP contribution in [0, 0.1) is 25.5 Å². The van der Waals surface area contributed by atoms with E-state index < -0.39 is 200 Å². The molecule has 10 aromatic rings. The van der Waals surface area contributed by atoms with Gasteiger partial charge in [-0.25, -0.2) is 18.4 Å². The van der Waals surface area contributed by atoms with E-state index in [2.05, 4.69) is 31.5 Å². The Labute approximate surface area is 851 Å². The fourth-order valence-electron chi connectivity index (χ4n) is 14.9. The molecule has 49 nitrogen and oxygen atoms in total. The largest absolute Gasteiger partial charge is 0.426 e. The second kappa shape index (κ2) is 46.5. The number of fused-ring (bicyclic) bond motifs is 1. The van der Waals surface area contributed by atoms with Crippen LogP contribution in [0.2, 0.25) is 0 Å². The van der Waals surface area contributed by atoms with Crippen LogP contribution in [0.3, 0.4) is 0 Å². The zero-order valence-corrected chi connectivity index (χ0v) is 87.9. The Hall–Kier alpha value is -9.70. The van der Waals surface area contributed by atoms with Crippen molar-refractivity contribution in [1.82, 2.24) is 29.8 Å². The summed E-state index contributed by atoms with van der Waals surface area (Å²) in [5.74, 6) is -2.59. The molecule has 0 radical (unpaired) electrons. The highest BCUT2D eigenvalue weighted by atomic mass is 31.3. The molecule has 5 aromatic carbocycles. The molecule has 15 N–H and O–H groups in total. The Kier molecular flexibility index (Phi) is 36.4. The molecule has 1 amide bonds. The monoisotopic (exact) mass is 2290 g/mol. The molecule has 0 saturated carbocycles.